The Morgan fingerprint density at radius 2 is 2.00 bits per heavy atom. The summed E-state index contributed by atoms with van der Waals surface area (Å²) in [6, 6.07) is 3.53. The van der Waals surface area contributed by atoms with Crippen LogP contribution in [0.5, 0.6) is 0 Å². The third-order valence-electron chi connectivity index (χ3n) is 7.68. The molecular weight excluding hydrogens is 497 g/mol. The smallest absolute Gasteiger partial charge is 0.257 e. The quantitative estimate of drug-likeness (QED) is 0.372. The maximum Gasteiger partial charge on any atom is 0.257 e. The summed E-state index contributed by atoms with van der Waals surface area (Å²) in [6.45, 7) is 3.95. The van der Waals surface area contributed by atoms with Gasteiger partial charge in [-0.05, 0) is 31.5 Å². The van der Waals surface area contributed by atoms with E-state index in [0.29, 0.717) is 25.7 Å². The average molecular weight is 524 g/mol. The van der Waals surface area contributed by atoms with Crippen LogP contribution >= 0.6 is 11.6 Å². The maximum absolute atomic E-state index is 13.6. The summed E-state index contributed by atoms with van der Waals surface area (Å²) in [4.78, 5) is 32.6. The van der Waals surface area contributed by atoms with Gasteiger partial charge in [-0.25, -0.2) is 19.3 Å². The molecule has 5 heterocycles. The minimum Gasteiger partial charge on any atom is -0.346 e. The van der Waals surface area contributed by atoms with Crippen molar-refractivity contribution in [2.24, 2.45) is 11.1 Å². The Morgan fingerprint density at radius 3 is 2.78 bits per heavy atom. The van der Waals surface area contributed by atoms with Crippen LogP contribution in [0, 0.1) is 11.2 Å². The van der Waals surface area contributed by atoms with Crippen molar-refractivity contribution in [3.8, 4) is 11.3 Å². The predicted molar refractivity (Wildman–Crippen MR) is 136 cm³/mol. The molecule has 0 aromatic carbocycles. The standard InChI is InChI=1S/C25H27ClFN9O/c26-22-20(7-17(27)11-30-22)24(37)35-5-3-34(4-6-35)18-8-25(9-18,13-28)14-36-12-16(10-33-36)21-19-1-2-29-23(19)32-15-31-21/h1-2,7,10-12,15,18H,3-6,8-9,13-14,28H2,(H,29,31,32). The van der Waals surface area contributed by atoms with E-state index in [9.17, 15) is 9.18 Å². The summed E-state index contributed by atoms with van der Waals surface area (Å²) in [5.74, 6) is -0.852. The maximum atomic E-state index is 13.6. The molecule has 192 valence electrons. The van der Waals surface area contributed by atoms with Crippen LogP contribution in [0.1, 0.15) is 23.2 Å². The van der Waals surface area contributed by atoms with E-state index in [2.05, 4.69) is 29.9 Å². The second-order valence-electron chi connectivity index (χ2n) is 9.98. The first kappa shape index (κ1) is 24.0. The van der Waals surface area contributed by atoms with Crippen LogP contribution in [0.3, 0.4) is 0 Å². The minimum atomic E-state index is -0.571. The lowest BCUT2D eigenvalue weighted by molar-refractivity contribution is -0.0253. The highest BCUT2D eigenvalue weighted by molar-refractivity contribution is 6.32. The molecule has 37 heavy (non-hydrogen) atoms. The molecule has 0 unspecified atom stereocenters. The Morgan fingerprint density at radius 1 is 1.19 bits per heavy atom. The zero-order valence-electron chi connectivity index (χ0n) is 20.1. The summed E-state index contributed by atoms with van der Waals surface area (Å²) in [5.41, 5.74) is 8.95. The van der Waals surface area contributed by atoms with E-state index < -0.39 is 5.82 Å². The first-order chi connectivity index (χ1) is 17.9. The number of amides is 1. The molecule has 6 rings (SSSR count). The molecule has 2 fully saturated rings. The molecule has 2 aliphatic rings. The number of carbonyl (C=O) groups excluding carboxylic acids is 1. The number of nitrogens with zero attached hydrogens (tertiary/aromatic N) is 7. The molecule has 0 bridgehead atoms. The number of nitrogens with one attached hydrogen (secondary N) is 1. The molecule has 0 atom stereocenters. The minimum absolute atomic E-state index is 0.0171. The number of pyridine rings is 1. The molecule has 1 saturated carbocycles. The number of fused-ring (bicyclic) bond motifs is 1. The number of hydrogen-bond acceptors (Lipinski definition) is 7. The molecule has 4 aromatic rings. The van der Waals surface area contributed by atoms with Crippen LogP contribution in [0.15, 0.2) is 43.2 Å². The normalized spacial score (nSPS) is 22.4. The van der Waals surface area contributed by atoms with E-state index >= 15 is 0 Å². The van der Waals surface area contributed by atoms with Gasteiger partial charge in [0.25, 0.3) is 5.91 Å². The monoisotopic (exact) mass is 523 g/mol. The van der Waals surface area contributed by atoms with Crippen LogP contribution in [-0.2, 0) is 6.54 Å². The molecular formula is C25H27ClFN9O. The van der Waals surface area contributed by atoms with Gasteiger partial charge in [0, 0.05) is 67.5 Å². The highest BCUT2D eigenvalue weighted by Crippen LogP contribution is 2.44. The van der Waals surface area contributed by atoms with E-state index in [1.165, 1.54) is 0 Å². The van der Waals surface area contributed by atoms with Crippen molar-refractivity contribution < 1.29 is 9.18 Å². The van der Waals surface area contributed by atoms with Crippen LogP contribution in [0.25, 0.3) is 22.3 Å². The Hall–Kier alpha value is -3.41. The average Bonchev–Trinajstić information content (AvgIpc) is 3.57. The molecule has 0 spiro atoms. The van der Waals surface area contributed by atoms with Gasteiger partial charge < -0.3 is 15.6 Å². The zero-order chi connectivity index (χ0) is 25.6. The summed E-state index contributed by atoms with van der Waals surface area (Å²) in [6.07, 6.45) is 10.2. The lowest BCUT2D eigenvalue weighted by Crippen LogP contribution is -2.60. The number of nitrogens with two attached hydrogens (primary N) is 1. The second-order valence-corrected chi connectivity index (χ2v) is 10.3. The predicted octanol–water partition coefficient (Wildman–Crippen LogP) is 2.57. The molecule has 1 saturated heterocycles. The highest BCUT2D eigenvalue weighted by Gasteiger charge is 2.46. The number of halogens is 2. The fourth-order valence-electron chi connectivity index (χ4n) is 5.61. The number of aromatic nitrogens is 6. The summed E-state index contributed by atoms with van der Waals surface area (Å²) in [5, 5.41) is 5.59. The number of rotatable bonds is 6. The SMILES string of the molecule is NCC1(Cn2cc(-c3ncnc4[nH]ccc34)cn2)CC(N2CCN(C(=O)c3cc(F)cnc3Cl)CC2)C1. The molecule has 1 aliphatic carbocycles. The Balaban J connectivity index is 1.06. The van der Waals surface area contributed by atoms with Crippen LogP contribution in [0.2, 0.25) is 5.15 Å². The first-order valence-electron chi connectivity index (χ1n) is 12.3. The zero-order valence-corrected chi connectivity index (χ0v) is 20.9. The number of hydrogen-bond donors (Lipinski definition) is 2. The summed E-state index contributed by atoms with van der Waals surface area (Å²) in [7, 11) is 0. The fourth-order valence-corrected chi connectivity index (χ4v) is 5.79. The van der Waals surface area contributed by atoms with Gasteiger partial charge in [-0.2, -0.15) is 5.10 Å². The van der Waals surface area contributed by atoms with Crippen molar-refractivity contribution in [3.05, 3.63) is 59.8 Å². The molecule has 0 radical (unpaired) electrons. The number of aromatic amines is 1. The number of carbonyl (C=O) groups is 1. The molecule has 12 heteroatoms. The van der Waals surface area contributed by atoms with Crippen LogP contribution < -0.4 is 5.73 Å². The number of piperazine rings is 1. The van der Waals surface area contributed by atoms with E-state index in [0.717, 1.165) is 67.0 Å². The van der Waals surface area contributed by atoms with Crippen molar-refractivity contribution in [2.75, 3.05) is 32.7 Å². The molecule has 1 amide bonds. The molecule has 10 nitrogen and oxygen atoms in total. The third-order valence-corrected chi connectivity index (χ3v) is 7.98. The van der Waals surface area contributed by atoms with E-state index in [4.69, 9.17) is 17.3 Å². The van der Waals surface area contributed by atoms with Gasteiger partial charge in [0.05, 0.1) is 23.7 Å². The van der Waals surface area contributed by atoms with Crippen LogP contribution in [-0.4, -0.2) is 84.2 Å². The van der Waals surface area contributed by atoms with Gasteiger partial charge in [0.2, 0.25) is 0 Å². The summed E-state index contributed by atoms with van der Waals surface area (Å²) >= 11 is 6.03. The van der Waals surface area contributed by atoms with Gasteiger partial charge in [0.15, 0.2) is 0 Å². The lowest BCUT2D eigenvalue weighted by Gasteiger charge is -2.53. The topological polar surface area (TPSA) is 122 Å². The lowest BCUT2D eigenvalue weighted by atomic mass is 9.64. The molecule has 1 aliphatic heterocycles. The van der Waals surface area contributed by atoms with Gasteiger partial charge in [-0.1, -0.05) is 11.6 Å². The molecule has 4 aromatic heterocycles. The van der Waals surface area contributed by atoms with Gasteiger partial charge in [-0.15, -0.1) is 0 Å². The number of H-pyrrole nitrogens is 1. The van der Waals surface area contributed by atoms with E-state index in [1.807, 2.05) is 29.3 Å². The van der Waals surface area contributed by atoms with Crippen molar-refractivity contribution in [3.63, 3.8) is 0 Å². The van der Waals surface area contributed by atoms with Gasteiger partial charge >= 0.3 is 0 Å². The Kier molecular flexibility index (Phi) is 6.13. The largest absolute Gasteiger partial charge is 0.346 e. The first-order valence-corrected chi connectivity index (χ1v) is 12.7. The van der Waals surface area contributed by atoms with Crippen molar-refractivity contribution >= 4 is 28.5 Å². The van der Waals surface area contributed by atoms with Crippen molar-refractivity contribution in [1.82, 2.24) is 39.5 Å². The van der Waals surface area contributed by atoms with Gasteiger partial charge in [-0.3, -0.25) is 14.4 Å². The Labute approximate surface area is 217 Å². The highest BCUT2D eigenvalue weighted by atomic mass is 35.5. The Bertz CT molecular complexity index is 1440. The summed E-state index contributed by atoms with van der Waals surface area (Å²) < 4.78 is 15.5. The second kappa shape index (κ2) is 9.47. The molecule has 3 N–H and O–H groups in total. The van der Waals surface area contributed by atoms with Crippen molar-refractivity contribution in [2.45, 2.75) is 25.4 Å². The fraction of sp³-hybridized carbons (Fsp3) is 0.400. The van der Waals surface area contributed by atoms with Crippen molar-refractivity contribution in [1.29, 1.82) is 0 Å². The third kappa shape index (κ3) is 4.47. The van der Waals surface area contributed by atoms with Gasteiger partial charge in [0.1, 0.15) is 22.9 Å². The van der Waals surface area contributed by atoms with E-state index in [1.54, 1.807) is 11.2 Å². The van der Waals surface area contributed by atoms with E-state index in [-0.39, 0.29) is 22.0 Å². The van der Waals surface area contributed by atoms with Crippen LogP contribution in [0.4, 0.5) is 4.39 Å².